The molecular formula is C10H16O. The third-order valence-electron chi connectivity index (χ3n) is 3.94. The first-order valence-corrected chi connectivity index (χ1v) is 4.54. The fraction of sp³-hybridized carbons (Fsp3) is 0.900. The lowest BCUT2D eigenvalue weighted by atomic mass is 9.91. The van der Waals surface area contributed by atoms with Crippen molar-refractivity contribution in [2.45, 2.75) is 33.6 Å². The molecule has 2 aliphatic rings. The maximum absolute atomic E-state index is 11.0. The molecule has 3 atom stereocenters. The maximum Gasteiger partial charge on any atom is 0.132 e. The van der Waals surface area contributed by atoms with Gasteiger partial charge in [-0.05, 0) is 37.0 Å². The third kappa shape index (κ3) is 0.863. The summed E-state index contributed by atoms with van der Waals surface area (Å²) in [6.45, 7) is 6.40. The van der Waals surface area contributed by atoms with E-state index in [1.807, 2.05) is 0 Å². The Morgan fingerprint density at radius 1 is 1.27 bits per heavy atom. The van der Waals surface area contributed by atoms with Crippen LogP contribution >= 0.6 is 0 Å². The van der Waals surface area contributed by atoms with Gasteiger partial charge in [0.25, 0.3) is 0 Å². The molecule has 0 saturated heterocycles. The smallest absolute Gasteiger partial charge is 0.132 e. The van der Waals surface area contributed by atoms with Crippen LogP contribution < -0.4 is 0 Å². The summed E-state index contributed by atoms with van der Waals surface area (Å²) in [6, 6.07) is 0. The molecule has 0 aromatic rings. The van der Waals surface area contributed by atoms with Crippen molar-refractivity contribution in [1.29, 1.82) is 0 Å². The number of carbonyl (C=O) groups excluding carboxylic acids is 1. The number of hydrogen-bond acceptors (Lipinski definition) is 1. The van der Waals surface area contributed by atoms with Gasteiger partial charge in [-0.1, -0.05) is 13.8 Å². The van der Waals surface area contributed by atoms with Gasteiger partial charge in [0.15, 0.2) is 0 Å². The number of hydrogen-bond donors (Lipinski definition) is 0. The van der Waals surface area contributed by atoms with E-state index in [0.29, 0.717) is 17.1 Å². The zero-order valence-electron chi connectivity index (χ0n) is 7.55. The van der Waals surface area contributed by atoms with Crippen molar-refractivity contribution in [2.24, 2.45) is 23.2 Å². The summed E-state index contributed by atoms with van der Waals surface area (Å²) in [4.78, 5) is 11.0. The van der Waals surface area contributed by atoms with Gasteiger partial charge >= 0.3 is 0 Å². The van der Waals surface area contributed by atoms with E-state index in [2.05, 4.69) is 13.8 Å². The summed E-state index contributed by atoms with van der Waals surface area (Å²) >= 11 is 0. The third-order valence-corrected chi connectivity index (χ3v) is 3.94. The number of Topliss-reactive ketones (excluding diaryl/α,β-unsaturated/α-hetero) is 1. The SMILES string of the molecule is CC(=O)[C@H]1C[C@@H]2[C@H](C1)C2(C)C. The molecule has 62 valence electrons. The number of rotatable bonds is 1. The number of ketones is 1. The van der Waals surface area contributed by atoms with Crippen molar-refractivity contribution in [3.8, 4) is 0 Å². The van der Waals surface area contributed by atoms with Crippen LogP contribution in [0.1, 0.15) is 33.6 Å². The zero-order chi connectivity index (χ0) is 8.22. The molecule has 2 rings (SSSR count). The predicted octanol–water partition coefficient (Wildman–Crippen LogP) is 2.26. The first kappa shape index (κ1) is 7.33. The molecule has 2 aliphatic carbocycles. The van der Waals surface area contributed by atoms with Crippen molar-refractivity contribution >= 4 is 5.78 Å². The van der Waals surface area contributed by atoms with Gasteiger partial charge in [-0.15, -0.1) is 0 Å². The van der Waals surface area contributed by atoms with Crippen molar-refractivity contribution in [1.82, 2.24) is 0 Å². The molecule has 2 fully saturated rings. The fourth-order valence-corrected chi connectivity index (χ4v) is 2.83. The van der Waals surface area contributed by atoms with Gasteiger partial charge in [-0.2, -0.15) is 0 Å². The lowest BCUT2D eigenvalue weighted by molar-refractivity contribution is -0.121. The molecule has 0 unspecified atom stereocenters. The highest BCUT2D eigenvalue weighted by atomic mass is 16.1. The molecule has 0 aliphatic heterocycles. The monoisotopic (exact) mass is 152 g/mol. The van der Waals surface area contributed by atoms with Crippen LogP contribution in [0, 0.1) is 23.2 Å². The minimum absolute atomic E-state index is 0.410. The van der Waals surface area contributed by atoms with Gasteiger partial charge in [0, 0.05) is 5.92 Å². The lowest BCUT2D eigenvalue weighted by Crippen LogP contribution is -2.12. The van der Waals surface area contributed by atoms with Crippen LogP contribution in [-0.2, 0) is 4.79 Å². The van der Waals surface area contributed by atoms with E-state index in [1.54, 1.807) is 6.92 Å². The Hall–Kier alpha value is -0.330. The standard InChI is InChI=1S/C10H16O/c1-6(11)7-4-8-9(5-7)10(8,2)3/h7-9H,4-5H2,1-3H3/t7-,8+,9-. The molecule has 1 nitrogen and oxygen atoms in total. The molecule has 0 heterocycles. The Labute approximate surface area is 68.2 Å². The van der Waals surface area contributed by atoms with Crippen LogP contribution in [0.4, 0.5) is 0 Å². The average Bonchev–Trinajstić information content (AvgIpc) is 2.28. The van der Waals surface area contributed by atoms with Crippen LogP contribution in [-0.4, -0.2) is 5.78 Å². The Kier molecular flexibility index (Phi) is 1.25. The molecule has 0 spiro atoms. The number of fused-ring (bicyclic) bond motifs is 1. The summed E-state index contributed by atoms with van der Waals surface area (Å²) in [6.07, 6.45) is 2.35. The fourth-order valence-electron chi connectivity index (χ4n) is 2.83. The van der Waals surface area contributed by atoms with E-state index in [9.17, 15) is 4.79 Å². The van der Waals surface area contributed by atoms with Crippen LogP contribution in [0.3, 0.4) is 0 Å². The molecular weight excluding hydrogens is 136 g/mol. The molecule has 0 radical (unpaired) electrons. The molecule has 0 aromatic heterocycles. The molecule has 11 heavy (non-hydrogen) atoms. The van der Waals surface area contributed by atoms with Gasteiger partial charge in [-0.3, -0.25) is 4.79 Å². The van der Waals surface area contributed by atoms with Crippen molar-refractivity contribution in [3.05, 3.63) is 0 Å². The average molecular weight is 152 g/mol. The summed E-state index contributed by atoms with van der Waals surface area (Å²) < 4.78 is 0. The highest BCUT2D eigenvalue weighted by Crippen LogP contribution is 2.68. The van der Waals surface area contributed by atoms with Gasteiger partial charge in [0.1, 0.15) is 5.78 Å². The van der Waals surface area contributed by atoms with Gasteiger partial charge in [0.05, 0.1) is 0 Å². The first-order chi connectivity index (χ1) is 5.03. The van der Waals surface area contributed by atoms with Crippen LogP contribution in [0.15, 0.2) is 0 Å². The normalized spacial score (nSPS) is 45.2. The summed E-state index contributed by atoms with van der Waals surface area (Å²) in [5.41, 5.74) is 0.575. The highest BCUT2D eigenvalue weighted by molar-refractivity contribution is 5.78. The summed E-state index contributed by atoms with van der Waals surface area (Å²) in [5.74, 6) is 2.57. The Morgan fingerprint density at radius 3 is 2.09 bits per heavy atom. The number of carbonyl (C=O) groups is 1. The Bertz CT molecular complexity index is 191. The van der Waals surface area contributed by atoms with E-state index in [4.69, 9.17) is 0 Å². The van der Waals surface area contributed by atoms with Gasteiger partial charge < -0.3 is 0 Å². The van der Waals surface area contributed by atoms with E-state index in [0.717, 1.165) is 11.8 Å². The van der Waals surface area contributed by atoms with Crippen molar-refractivity contribution in [3.63, 3.8) is 0 Å². The summed E-state index contributed by atoms with van der Waals surface area (Å²) in [7, 11) is 0. The van der Waals surface area contributed by atoms with Gasteiger partial charge in [-0.25, -0.2) is 0 Å². The second-order valence-electron chi connectivity index (χ2n) is 4.81. The molecule has 2 saturated carbocycles. The zero-order valence-corrected chi connectivity index (χ0v) is 7.55. The van der Waals surface area contributed by atoms with E-state index >= 15 is 0 Å². The first-order valence-electron chi connectivity index (χ1n) is 4.54. The second kappa shape index (κ2) is 1.88. The van der Waals surface area contributed by atoms with Crippen molar-refractivity contribution < 1.29 is 4.79 Å². The van der Waals surface area contributed by atoms with Crippen molar-refractivity contribution in [2.75, 3.05) is 0 Å². The second-order valence-corrected chi connectivity index (χ2v) is 4.81. The quantitative estimate of drug-likeness (QED) is 0.563. The Morgan fingerprint density at radius 2 is 1.73 bits per heavy atom. The van der Waals surface area contributed by atoms with Crippen LogP contribution in [0.5, 0.6) is 0 Å². The predicted molar refractivity (Wildman–Crippen MR) is 44.2 cm³/mol. The molecule has 0 amide bonds. The largest absolute Gasteiger partial charge is 0.300 e. The van der Waals surface area contributed by atoms with E-state index < -0.39 is 0 Å². The molecule has 0 bridgehead atoms. The topological polar surface area (TPSA) is 17.1 Å². The van der Waals surface area contributed by atoms with Crippen LogP contribution in [0.25, 0.3) is 0 Å². The highest BCUT2D eigenvalue weighted by Gasteiger charge is 2.62. The lowest BCUT2D eigenvalue weighted by Gasteiger charge is -2.13. The molecule has 1 heteroatoms. The molecule has 0 N–H and O–H groups in total. The molecule has 0 aromatic carbocycles. The van der Waals surface area contributed by atoms with E-state index in [1.165, 1.54) is 12.8 Å². The Balaban J connectivity index is 2.00. The summed E-state index contributed by atoms with van der Waals surface area (Å²) in [5, 5.41) is 0. The van der Waals surface area contributed by atoms with E-state index in [-0.39, 0.29) is 0 Å². The maximum atomic E-state index is 11.0. The van der Waals surface area contributed by atoms with Crippen LogP contribution in [0.2, 0.25) is 0 Å². The minimum Gasteiger partial charge on any atom is -0.300 e. The van der Waals surface area contributed by atoms with Gasteiger partial charge in [0.2, 0.25) is 0 Å². The minimum atomic E-state index is 0.410.